The molecule has 2 aromatic carbocycles. The second kappa shape index (κ2) is 13.3. The highest BCUT2D eigenvalue weighted by Gasteiger charge is 2.25. The number of alkyl halides is 1. The zero-order valence-electron chi connectivity index (χ0n) is 23.8. The lowest BCUT2D eigenvalue weighted by Gasteiger charge is -2.32. The zero-order valence-corrected chi connectivity index (χ0v) is 24.7. The Balaban J connectivity index is 1.53. The number of nitrogens with zero attached hydrogens (tertiary/aromatic N) is 6. The molecule has 2 aliphatic heterocycles. The number of nitrogen functional groups attached to an aromatic ring is 1. The largest absolute Gasteiger partial charge is 0.378 e. The van der Waals surface area contributed by atoms with Crippen LogP contribution in [0.15, 0.2) is 42.7 Å². The van der Waals surface area contributed by atoms with Gasteiger partial charge in [-0.1, -0.05) is 18.2 Å². The molecule has 232 valence electrons. The first-order valence-corrected chi connectivity index (χ1v) is 15.5. The lowest BCUT2D eigenvalue weighted by atomic mass is 9.96. The maximum absolute atomic E-state index is 16.0. The Morgan fingerprint density at radius 3 is 2.32 bits per heavy atom. The van der Waals surface area contributed by atoms with Crippen LogP contribution in [0, 0.1) is 5.82 Å². The average Bonchev–Trinajstić information content (AvgIpc) is 3.05. The van der Waals surface area contributed by atoms with Gasteiger partial charge in [0, 0.05) is 61.6 Å². The second-order valence-corrected chi connectivity index (χ2v) is 11.3. The maximum Gasteiger partial charge on any atom is 0.219 e. The number of nitrogens with one attached hydrogen (secondary N) is 1. The van der Waals surface area contributed by atoms with Gasteiger partial charge in [0.25, 0.3) is 0 Å². The summed E-state index contributed by atoms with van der Waals surface area (Å²) in [6.07, 6.45) is 1.25. The summed E-state index contributed by atoms with van der Waals surface area (Å²) < 4.78 is 66.2. The predicted molar refractivity (Wildman–Crippen MR) is 163 cm³/mol. The van der Waals surface area contributed by atoms with Gasteiger partial charge in [-0.05, 0) is 24.1 Å². The van der Waals surface area contributed by atoms with Crippen LogP contribution in [0.4, 0.5) is 26.2 Å². The van der Waals surface area contributed by atoms with Gasteiger partial charge in [-0.15, -0.1) is 0 Å². The Hall–Kier alpha value is -4.05. The number of thiol groups is 1. The van der Waals surface area contributed by atoms with Crippen LogP contribution in [0.2, 0.25) is 0 Å². The topological polar surface area (TPSA) is 149 Å². The number of aromatic nitrogens is 4. The monoisotopic (exact) mass is 626 g/mol. The summed E-state index contributed by atoms with van der Waals surface area (Å²) in [4.78, 5) is 22.4. The van der Waals surface area contributed by atoms with E-state index in [0.717, 1.165) is 5.69 Å². The highest BCUT2D eigenvalue weighted by Crippen LogP contribution is 2.40. The van der Waals surface area contributed by atoms with E-state index < -0.39 is 22.9 Å². The van der Waals surface area contributed by atoms with Crippen molar-refractivity contribution in [2.24, 2.45) is 0 Å². The summed E-state index contributed by atoms with van der Waals surface area (Å²) in [7, 11) is -2.87. The van der Waals surface area contributed by atoms with Crippen molar-refractivity contribution >= 4 is 39.2 Å². The molecule has 2 aliphatic rings. The van der Waals surface area contributed by atoms with Crippen LogP contribution in [0.3, 0.4) is 0 Å². The van der Waals surface area contributed by atoms with Crippen molar-refractivity contribution in [2.45, 2.75) is 12.6 Å². The van der Waals surface area contributed by atoms with E-state index in [9.17, 15) is 8.42 Å². The summed E-state index contributed by atoms with van der Waals surface area (Å²) >= 11 is 0. The standard InChI is InChI=1S/C29H32F2N8O4S/c30-23(4-5-35-44(40)41)21-3-1-2-20(25(21)31)18-14-22-26(24(15-18)38-6-10-42-11-7-38)36-27(19-16-33-29(32)34-17-19)37-28(22)39-8-12-43-13-9-39/h1-3,14-17,23,44H,4-13H2,(H2,32,33,34)(H,35,40,41). The molecule has 2 fully saturated rings. The first kappa shape index (κ1) is 30.0. The van der Waals surface area contributed by atoms with Crippen LogP contribution in [0.1, 0.15) is 18.2 Å². The molecule has 15 heteroatoms. The van der Waals surface area contributed by atoms with E-state index >= 15 is 8.78 Å². The molecule has 0 amide bonds. The van der Waals surface area contributed by atoms with Crippen LogP contribution in [-0.4, -0.2) is 87.5 Å². The highest BCUT2D eigenvalue weighted by atomic mass is 32.2. The zero-order chi connectivity index (χ0) is 30.6. The number of hydrogen-bond donors (Lipinski definition) is 3. The van der Waals surface area contributed by atoms with Crippen molar-refractivity contribution in [3.63, 3.8) is 0 Å². The number of halogens is 2. The van der Waals surface area contributed by atoms with Gasteiger partial charge >= 0.3 is 0 Å². The smallest absolute Gasteiger partial charge is 0.219 e. The van der Waals surface area contributed by atoms with Gasteiger partial charge in [0.1, 0.15) is 17.8 Å². The average molecular weight is 627 g/mol. The third-order valence-electron chi connectivity index (χ3n) is 7.67. The molecule has 0 aliphatic carbocycles. The summed E-state index contributed by atoms with van der Waals surface area (Å²) in [5.41, 5.74) is 8.36. The first-order valence-electron chi connectivity index (χ1n) is 14.3. The number of ether oxygens (including phenoxy) is 2. The van der Waals surface area contributed by atoms with Gasteiger partial charge in [-0.25, -0.2) is 41.9 Å². The van der Waals surface area contributed by atoms with Crippen molar-refractivity contribution in [3.05, 3.63) is 54.1 Å². The van der Waals surface area contributed by atoms with Crippen molar-refractivity contribution in [1.29, 1.82) is 0 Å². The van der Waals surface area contributed by atoms with E-state index in [1.165, 1.54) is 6.07 Å². The van der Waals surface area contributed by atoms with Crippen molar-refractivity contribution in [1.82, 2.24) is 24.7 Å². The summed E-state index contributed by atoms with van der Waals surface area (Å²) in [5.74, 6) is 0.504. The quantitative estimate of drug-likeness (QED) is 0.236. The number of morpholine rings is 2. The Kier molecular flexibility index (Phi) is 9.07. The number of benzene rings is 2. The van der Waals surface area contributed by atoms with Crippen molar-refractivity contribution < 1.29 is 26.7 Å². The minimum Gasteiger partial charge on any atom is -0.378 e. The minimum atomic E-state index is -2.87. The van der Waals surface area contributed by atoms with E-state index in [-0.39, 0.29) is 30.0 Å². The van der Waals surface area contributed by atoms with Crippen LogP contribution < -0.4 is 20.3 Å². The van der Waals surface area contributed by atoms with Gasteiger partial charge in [0.05, 0.1) is 43.2 Å². The second-order valence-electron chi connectivity index (χ2n) is 10.4. The summed E-state index contributed by atoms with van der Waals surface area (Å²) in [5, 5.41) is 0.705. The molecular weight excluding hydrogens is 594 g/mol. The number of nitrogens with two attached hydrogens (primary N) is 1. The molecule has 2 saturated heterocycles. The van der Waals surface area contributed by atoms with Gasteiger partial charge in [-0.2, -0.15) is 0 Å². The van der Waals surface area contributed by atoms with Crippen LogP contribution in [0.25, 0.3) is 33.4 Å². The number of fused-ring (bicyclic) bond motifs is 1. The number of anilines is 3. The first-order chi connectivity index (χ1) is 21.4. The van der Waals surface area contributed by atoms with Crippen LogP contribution in [0.5, 0.6) is 0 Å². The molecule has 1 unspecified atom stereocenters. The molecular formula is C29H32F2N8O4S. The third kappa shape index (κ3) is 6.40. The lowest BCUT2D eigenvalue weighted by Crippen LogP contribution is -2.37. The predicted octanol–water partition coefficient (Wildman–Crippen LogP) is 2.67. The molecule has 3 N–H and O–H groups in total. The Labute approximate surface area is 254 Å². The summed E-state index contributed by atoms with van der Waals surface area (Å²) in [6.45, 7) is 4.32. The van der Waals surface area contributed by atoms with E-state index in [1.807, 2.05) is 12.1 Å². The van der Waals surface area contributed by atoms with E-state index in [2.05, 4.69) is 24.5 Å². The summed E-state index contributed by atoms with van der Waals surface area (Å²) in [6, 6.07) is 8.30. The molecule has 2 aromatic heterocycles. The Bertz CT molecular complexity index is 1710. The molecule has 0 spiro atoms. The Morgan fingerprint density at radius 1 is 0.955 bits per heavy atom. The van der Waals surface area contributed by atoms with E-state index in [4.69, 9.17) is 25.2 Å². The highest BCUT2D eigenvalue weighted by molar-refractivity contribution is 7.70. The molecule has 4 heterocycles. The molecule has 0 radical (unpaired) electrons. The molecule has 1 atom stereocenters. The molecule has 6 rings (SSSR count). The SMILES string of the molecule is Nc1ncc(-c2nc(N3CCOCC3)c3cc(-c4cccc(C(F)CCN[SH](=O)=O)c4F)cc(N4CCOCC4)c3n2)cn1. The maximum atomic E-state index is 16.0. The Morgan fingerprint density at radius 2 is 1.64 bits per heavy atom. The van der Waals surface area contributed by atoms with Gasteiger partial charge < -0.3 is 25.0 Å². The van der Waals surface area contributed by atoms with Gasteiger partial charge in [-0.3, -0.25) is 0 Å². The molecule has 44 heavy (non-hydrogen) atoms. The van der Waals surface area contributed by atoms with E-state index in [0.29, 0.717) is 86.3 Å². The van der Waals surface area contributed by atoms with Gasteiger partial charge in [0.2, 0.25) is 16.8 Å². The van der Waals surface area contributed by atoms with Crippen LogP contribution >= 0.6 is 0 Å². The van der Waals surface area contributed by atoms with E-state index in [1.54, 1.807) is 24.5 Å². The number of rotatable bonds is 9. The minimum absolute atomic E-state index is 0.137. The normalized spacial score (nSPS) is 16.5. The fourth-order valence-corrected chi connectivity index (χ4v) is 5.76. The van der Waals surface area contributed by atoms with Crippen LogP contribution in [-0.2, 0) is 20.4 Å². The van der Waals surface area contributed by atoms with Crippen molar-refractivity contribution in [3.8, 4) is 22.5 Å². The number of hydrogen-bond acceptors (Lipinski definition) is 11. The van der Waals surface area contributed by atoms with Crippen molar-refractivity contribution in [2.75, 3.05) is 74.7 Å². The lowest BCUT2D eigenvalue weighted by molar-refractivity contribution is 0.122. The molecule has 0 bridgehead atoms. The third-order valence-corrected chi connectivity index (χ3v) is 8.15. The molecule has 4 aromatic rings. The molecule has 12 nitrogen and oxygen atoms in total. The fraction of sp³-hybridized carbons (Fsp3) is 0.379. The fourth-order valence-electron chi connectivity index (χ4n) is 5.45. The van der Waals surface area contributed by atoms with Gasteiger partial charge in [0.15, 0.2) is 5.82 Å². The molecule has 0 saturated carbocycles.